The van der Waals surface area contributed by atoms with Gasteiger partial charge >= 0.3 is 0 Å². The maximum absolute atomic E-state index is 11.9. The first-order chi connectivity index (χ1) is 8.69. The van der Waals surface area contributed by atoms with E-state index in [1.807, 2.05) is 12.1 Å². The Bertz CT molecular complexity index is 531. The van der Waals surface area contributed by atoms with E-state index < -0.39 is 0 Å². The molecule has 1 heterocycles. The van der Waals surface area contributed by atoms with Crippen LogP contribution in [0.3, 0.4) is 0 Å². The van der Waals surface area contributed by atoms with Crippen LogP contribution >= 0.6 is 0 Å². The lowest BCUT2D eigenvalue weighted by Gasteiger charge is -2.03. The van der Waals surface area contributed by atoms with Gasteiger partial charge in [0.15, 0.2) is 5.82 Å². The molecule has 2 aromatic rings. The molecule has 18 heavy (non-hydrogen) atoms. The summed E-state index contributed by atoms with van der Waals surface area (Å²) >= 11 is 0. The van der Waals surface area contributed by atoms with Gasteiger partial charge in [0.1, 0.15) is 0 Å². The van der Waals surface area contributed by atoms with Gasteiger partial charge in [0.25, 0.3) is 5.91 Å². The molecule has 0 bridgehead atoms. The van der Waals surface area contributed by atoms with Crippen LogP contribution in [0.25, 0.3) is 0 Å². The quantitative estimate of drug-likeness (QED) is 0.893. The molecule has 0 radical (unpaired) electrons. The second-order valence-corrected chi connectivity index (χ2v) is 3.96. The monoisotopic (exact) mass is 245 g/mol. The number of hydrogen-bond donors (Lipinski definition) is 1. The Morgan fingerprint density at radius 3 is 2.61 bits per heavy atom. The standard InChI is InChI=1S/C13H15N3O2/c1-16-8-7-12(15-16)14-13(17)11-5-3-10(4-6-11)9-18-2/h3-8H,9H2,1-2H3,(H,14,15,17). The normalized spacial score (nSPS) is 10.3. The van der Waals surface area contributed by atoms with Crippen LogP contribution in [0.5, 0.6) is 0 Å². The van der Waals surface area contributed by atoms with E-state index >= 15 is 0 Å². The summed E-state index contributed by atoms with van der Waals surface area (Å²) in [4.78, 5) is 11.9. The number of anilines is 1. The van der Waals surface area contributed by atoms with E-state index in [1.165, 1.54) is 0 Å². The largest absolute Gasteiger partial charge is 0.380 e. The minimum Gasteiger partial charge on any atom is -0.380 e. The van der Waals surface area contributed by atoms with Gasteiger partial charge in [-0.15, -0.1) is 0 Å². The van der Waals surface area contributed by atoms with Gasteiger partial charge in [0.2, 0.25) is 0 Å². The van der Waals surface area contributed by atoms with Crippen LogP contribution in [0.4, 0.5) is 5.82 Å². The minimum atomic E-state index is -0.169. The van der Waals surface area contributed by atoms with E-state index in [1.54, 1.807) is 43.2 Å². The van der Waals surface area contributed by atoms with Crippen LogP contribution in [-0.2, 0) is 18.4 Å². The minimum absolute atomic E-state index is 0.169. The SMILES string of the molecule is COCc1ccc(C(=O)Nc2ccn(C)n2)cc1. The number of carbonyl (C=O) groups excluding carboxylic acids is 1. The van der Waals surface area contributed by atoms with Crippen LogP contribution in [0.15, 0.2) is 36.5 Å². The summed E-state index contributed by atoms with van der Waals surface area (Å²) in [6, 6.07) is 9.03. The molecule has 0 saturated carbocycles. The summed E-state index contributed by atoms with van der Waals surface area (Å²) < 4.78 is 6.65. The molecular formula is C13H15N3O2. The molecule has 1 N–H and O–H groups in total. The molecule has 0 fully saturated rings. The molecule has 0 aliphatic heterocycles. The first-order valence-corrected chi connectivity index (χ1v) is 5.58. The lowest BCUT2D eigenvalue weighted by atomic mass is 10.1. The van der Waals surface area contributed by atoms with E-state index in [0.717, 1.165) is 5.56 Å². The Morgan fingerprint density at radius 1 is 1.33 bits per heavy atom. The number of amides is 1. The van der Waals surface area contributed by atoms with Crippen molar-refractivity contribution in [1.29, 1.82) is 0 Å². The molecule has 0 aliphatic carbocycles. The summed E-state index contributed by atoms with van der Waals surface area (Å²) in [7, 11) is 3.44. The first kappa shape index (κ1) is 12.3. The number of methoxy groups -OCH3 is 1. The molecule has 1 amide bonds. The summed E-state index contributed by atoms with van der Waals surface area (Å²) in [5.74, 6) is 0.376. The smallest absolute Gasteiger partial charge is 0.256 e. The first-order valence-electron chi connectivity index (χ1n) is 5.58. The Hall–Kier alpha value is -2.14. The van der Waals surface area contributed by atoms with Gasteiger partial charge in [-0.2, -0.15) is 5.10 Å². The summed E-state index contributed by atoms with van der Waals surface area (Å²) in [5.41, 5.74) is 1.63. The third-order valence-corrected chi connectivity index (χ3v) is 2.48. The van der Waals surface area contributed by atoms with E-state index in [9.17, 15) is 4.79 Å². The predicted octanol–water partition coefficient (Wildman–Crippen LogP) is 1.82. The number of hydrogen-bond acceptors (Lipinski definition) is 3. The Kier molecular flexibility index (Phi) is 3.74. The second kappa shape index (κ2) is 5.46. The highest BCUT2D eigenvalue weighted by Crippen LogP contribution is 2.08. The third-order valence-electron chi connectivity index (χ3n) is 2.48. The molecule has 0 atom stereocenters. The van der Waals surface area contributed by atoms with Gasteiger partial charge in [-0.05, 0) is 17.7 Å². The molecule has 1 aromatic heterocycles. The molecule has 0 unspecified atom stereocenters. The molecule has 94 valence electrons. The topological polar surface area (TPSA) is 56.1 Å². The fraction of sp³-hybridized carbons (Fsp3) is 0.231. The molecule has 1 aromatic carbocycles. The number of nitrogens with zero attached hydrogens (tertiary/aromatic N) is 2. The molecule has 0 aliphatic rings. The number of carbonyl (C=O) groups is 1. The van der Waals surface area contributed by atoms with Crippen LogP contribution in [0.2, 0.25) is 0 Å². The predicted molar refractivity (Wildman–Crippen MR) is 68.3 cm³/mol. The fourth-order valence-electron chi connectivity index (χ4n) is 1.59. The van der Waals surface area contributed by atoms with E-state index in [2.05, 4.69) is 10.4 Å². The molecule has 0 spiro atoms. The number of aryl methyl sites for hydroxylation is 1. The van der Waals surface area contributed by atoms with Crippen LogP contribution in [-0.4, -0.2) is 22.8 Å². The summed E-state index contributed by atoms with van der Waals surface area (Å²) in [5, 5.41) is 6.82. The number of aromatic nitrogens is 2. The van der Waals surface area contributed by atoms with Crippen molar-refractivity contribution >= 4 is 11.7 Å². The Morgan fingerprint density at radius 2 is 2.06 bits per heavy atom. The van der Waals surface area contributed by atoms with Gasteiger partial charge in [0.05, 0.1) is 6.61 Å². The van der Waals surface area contributed by atoms with Crippen LogP contribution < -0.4 is 5.32 Å². The van der Waals surface area contributed by atoms with Crippen molar-refractivity contribution in [3.63, 3.8) is 0 Å². The van der Waals surface area contributed by atoms with Gasteiger partial charge in [-0.25, -0.2) is 0 Å². The highest BCUT2D eigenvalue weighted by atomic mass is 16.5. The van der Waals surface area contributed by atoms with Crippen molar-refractivity contribution < 1.29 is 9.53 Å². The van der Waals surface area contributed by atoms with Crippen LogP contribution in [0.1, 0.15) is 15.9 Å². The Balaban J connectivity index is 2.04. The zero-order valence-corrected chi connectivity index (χ0v) is 10.4. The van der Waals surface area contributed by atoms with Gasteiger partial charge in [-0.1, -0.05) is 12.1 Å². The maximum Gasteiger partial charge on any atom is 0.256 e. The zero-order valence-electron chi connectivity index (χ0n) is 10.4. The highest BCUT2D eigenvalue weighted by molar-refractivity contribution is 6.03. The van der Waals surface area contributed by atoms with E-state index in [-0.39, 0.29) is 5.91 Å². The number of nitrogens with one attached hydrogen (secondary N) is 1. The van der Waals surface area contributed by atoms with Crippen molar-refractivity contribution in [1.82, 2.24) is 9.78 Å². The maximum atomic E-state index is 11.9. The van der Waals surface area contributed by atoms with Crippen LogP contribution in [0, 0.1) is 0 Å². The van der Waals surface area contributed by atoms with E-state index in [4.69, 9.17) is 4.74 Å². The summed E-state index contributed by atoms with van der Waals surface area (Å²) in [6.07, 6.45) is 1.78. The third kappa shape index (κ3) is 2.95. The lowest BCUT2D eigenvalue weighted by molar-refractivity contribution is 0.102. The van der Waals surface area contributed by atoms with Gasteiger partial charge in [-0.3, -0.25) is 9.48 Å². The highest BCUT2D eigenvalue weighted by Gasteiger charge is 2.07. The average Bonchev–Trinajstić information content (AvgIpc) is 2.76. The lowest BCUT2D eigenvalue weighted by Crippen LogP contribution is -2.12. The summed E-state index contributed by atoms with van der Waals surface area (Å²) in [6.45, 7) is 0.544. The molecule has 5 heteroatoms. The number of benzene rings is 1. The Labute approximate surface area is 105 Å². The van der Waals surface area contributed by atoms with Crippen molar-refractivity contribution in [2.75, 3.05) is 12.4 Å². The molecular weight excluding hydrogens is 230 g/mol. The van der Waals surface area contributed by atoms with Gasteiger partial charge in [0, 0.05) is 32.0 Å². The van der Waals surface area contributed by atoms with E-state index in [0.29, 0.717) is 18.0 Å². The molecule has 0 saturated heterocycles. The average molecular weight is 245 g/mol. The fourth-order valence-corrected chi connectivity index (χ4v) is 1.59. The van der Waals surface area contributed by atoms with Crippen molar-refractivity contribution in [2.45, 2.75) is 6.61 Å². The van der Waals surface area contributed by atoms with Crippen molar-refractivity contribution in [2.24, 2.45) is 7.05 Å². The van der Waals surface area contributed by atoms with Gasteiger partial charge < -0.3 is 10.1 Å². The number of ether oxygens (including phenoxy) is 1. The van der Waals surface area contributed by atoms with Crippen molar-refractivity contribution in [3.05, 3.63) is 47.7 Å². The van der Waals surface area contributed by atoms with Crippen molar-refractivity contribution in [3.8, 4) is 0 Å². The number of rotatable bonds is 4. The molecule has 5 nitrogen and oxygen atoms in total. The zero-order chi connectivity index (χ0) is 13.0. The second-order valence-electron chi connectivity index (χ2n) is 3.96. The molecule has 2 rings (SSSR count).